The van der Waals surface area contributed by atoms with Crippen molar-refractivity contribution in [1.82, 2.24) is 4.98 Å². The van der Waals surface area contributed by atoms with Gasteiger partial charge in [0.2, 0.25) is 0 Å². The maximum atomic E-state index is 12.7. The number of halogens is 1. The summed E-state index contributed by atoms with van der Waals surface area (Å²) < 4.78 is 0. The fourth-order valence-corrected chi connectivity index (χ4v) is 6.15. The van der Waals surface area contributed by atoms with E-state index in [2.05, 4.69) is 5.32 Å². The predicted octanol–water partition coefficient (Wildman–Crippen LogP) is 5.46. The average Bonchev–Trinajstić information content (AvgIpc) is 2.63. The molecule has 4 saturated carbocycles. The Morgan fingerprint density at radius 3 is 2.23 bits per heavy atom. The third-order valence-electron chi connectivity index (χ3n) is 6.71. The van der Waals surface area contributed by atoms with Crippen LogP contribution in [-0.4, -0.2) is 10.9 Å². The summed E-state index contributed by atoms with van der Waals surface area (Å²) in [6.07, 6.45) is 9.82. The fraction of sp³-hybridized carbons (Fsp3) is 0.455. The first-order valence-corrected chi connectivity index (χ1v) is 10.0. The molecule has 0 saturated heterocycles. The first-order chi connectivity index (χ1) is 12.6. The average molecular weight is 367 g/mol. The Balaban J connectivity index is 1.40. The van der Waals surface area contributed by atoms with Gasteiger partial charge in [0.05, 0.1) is 0 Å². The number of carbonyl (C=O) groups is 1. The van der Waals surface area contributed by atoms with Gasteiger partial charge in [0.25, 0.3) is 5.91 Å². The number of amides is 1. The summed E-state index contributed by atoms with van der Waals surface area (Å²) in [5.74, 6) is 2.53. The van der Waals surface area contributed by atoms with Crippen LogP contribution >= 0.6 is 11.6 Å². The smallest absolute Gasteiger partial charge is 0.255 e. The van der Waals surface area contributed by atoms with E-state index < -0.39 is 0 Å². The lowest BCUT2D eigenvalue weighted by Gasteiger charge is -2.56. The fourth-order valence-electron chi connectivity index (χ4n) is 6.02. The minimum atomic E-state index is -0.0827. The third kappa shape index (κ3) is 2.83. The highest BCUT2D eigenvalue weighted by Gasteiger charge is 2.52. The van der Waals surface area contributed by atoms with Crippen LogP contribution in [0, 0.1) is 17.8 Å². The molecule has 26 heavy (non-hydrogen) atoms. The summed E-state index contributed by atoms with van der Waals surface area (Å²) in [5, 5.41) is 3.62. The van der Waals surface area contributed by atoms with Crippen LogP contribution in [0.15, 0.2) is 42.6 Å². The predicted molar refractivity (Wildman–Crippen MR) is 103 cm³/mol. The lowest BCUT2D eigenvalue weighted by Crippen LogP contribution is -2.49. The van der Waals surface area contributed by atoms with Crippen molar-refractivity contribution in [2.75, 3.05) is 5.32 Å². The number of hydrogen-bond donors (Lipinski definition) is 1. The van der Waals surface area contributed by atoms with Crippen LogP contribution < -0.4 is 5.32 Å². The van der Waals surface area contributed by atoms with Gasteiger partial charge in [-0.05, 0) is 92.7 Å². The molecule has 3 nitrogen and oxygen atoms in total. The molecule has 4 heteroatoms. The summed E-state index contributed by atoms with van der Waals surface area (Å²) in [7, 11) is 0. The molecular weight excluding hydrogens is 344 g/mol. The SMILES string of the molecule is O=C(Nc1ccc(Cl)cc1)c1ccnc(C23CC4CC(CC(C4)C2)C3)c1. The summed E-state index contributed by atoms with van der Waals surface area (Å²) in [6, 6.07) is 11.1. The highest BCUT2D eigenvalue weighted by molar-refractivity contribution is 6.30. The molecule has 0 spiro atoms. The second kappa shape index (κ2) is 6.09. The van der Waals surface area contributed by atoms with Crippen molar-refractivity contribution in [2.45, 2.75) is 43.9 Å². The molecule has 4 aliphatic carbocycles. The number of carbonyl (C=O) groups excluding carboxylic acids is 1. The molecule has 4 fully saturated rings. The van der Waals surface area contributed by atoms with Gasteiger partial charge in [0, 0.05) is 33.6 Å². The van der Waals surface area contributed by atoms with E-state index in [9.17, 15) is 4.79 Å². The van der Waals surface area contributed by atoms with Gasteiger partial charge in [0.1, 0.15) is 0 Å². The zero-order valence-corrected chi connectivity index (χ0v) is 15.5. The van der Waals surface area contributed by atoms with Crippen molar-refractivity contribution in [3.05, 3.63) is 58.9 Å². The Kier molecular flexibility index (Phi) is 3.82. The van der Waals surface area contributed by atoms with Crippen LogP contribution in [0.5, 0.6) is 0 Å². The van der Waals surface area contributed by atoms with E-state index in [0.717, 1.165) is 29.1 Å². The minimum Gasteiger partial charge on any atom is -0.322 e. The van der Waals surface area contributed by atoms with Crippen molar-refractivity contribution < 1.29 is 4.79 Å². The summed E-state index contributed by atoms with van der Waals surface area (Å²) in [6.45, 7) is 0. The van der Waals surface area contributed by atoms with E-state index in [0.29, 0.717) is 10.6 Å². The highest BCUT2D eigenvalue weighted by Crippen LogP contribution is 2.60. The lowest BCUT2D eigenvalue weighted by atomic mass is 9.48. The summed E-state index contributed by atoms with van der Waals surface area (Å²) >= 11 is 5.91. The molecular formula is C22H23ClN2O. The molecule has 1 aromatic carbocycles. The number of benzene rings is 1. The molecule has 0 unspecified atom stereocenters. The number of hydrogen-bond acceptors (Lipinski definition) is 2. The van der Waals surface area contributed by atoms with Crippen molar-refractivity contribution >= 4 is 23.2 Å². The summed E-state index contributed by atoms with van der Waals surface area (Å²) in [4.78, 5) is 17.4. The number of pyridine rings is 1. The number of anilines is 1. The number of nitrogens with one attached hydrogen (secondary N) is 1. The van der Waals surface area contributed by atoms with E-state index in [4.69, 9.17) is 16.6 Å². The minimum absolute atomic E-state index is 0.0827. The van der Waals surface area contributed by atoms with Crippen molar-refractivity contribution in [2.24, 2.45) is 17.8 Å². The zero-order chi connectivity index (χ0) is 17.7. The number of rotatable bonds is 3. The zero-order valence-electron chi connectivity index (χ0n) is 14.7. The molecule has 1 amide bonds. The van der Waals surface area contributed by atoms with Crippen LogP contribution in [0.25, 0.3) is 0 Å². The molecule has 1 heterocycles. The van der Waals surface area contributed by atoms with Gasteiger partial charge in [0.15, 0.2) is 0 Å². The molecule has 4 bridgehead atoms. The van der Waals surface area contributed by atoms with Gasteiger partial charge >= 0.3 is 0 Å². The molecule has 134 valence electrons. The Morgan fingerprint density at radius 1 is 1.00 bits per heavy atom. The monoisotopic (exact) mass is 366 g/mol. The van der Waals surface area contributed by atoms with E-state index >= 15 is 0 Å². The normalized spacial score (nSPS) is 31.8. The topological polar surface area (TPSA) is 42.0 Å². The van der Waals surface area contributed by atoms with Crippen LogP contribution in [0.2, 0.25) is 5.02 Å². The second-order valence-corrected chi connectivity index (χ2v) is 9.03. The maximum absolute atomic E-state index is 12.7. The Labute approximate surface area is 159 Å². The van der Waals surface area contributed by atoms with Gasteiger partial charge in [-0.3, -0.25) is 9.78 Å². The van der Waals surface area contributed by atoms with E-state index in [-0.39, 0.29) is 11.3 Å². The first kappa shape index (κ1) is 16.3. The van der Waals surface area contributed by atoms with E-state index in [1.807, 2.05) is 30.5 Å². The Bertz CT molecular complexity index is 810. The first-order valence-electron chi connectivity index (χ1n) is 9.63. The van der Waals surface area contributed by atoms with Crippen LogP contribution in [-0.2, 0) is 5.41 Å². The van der Waals surface area contributed by atoms with Gasteiger partial charge < -0.3 is 5.32 Å². The van der Waals surface area contributed by atoms with Crippen LogP contribution in [0.4, 0.5) is 5.69 Å². The second-order valence-electron chi connectivity index (χ2n) is 8.59. The molecule has 4 aliphatic rings. The molecule has 0 aliphatic heterocycles. The third-order valence-corrected chi connectivity index (χ3v) is 6.96. The Hall–Kier alpha value is -1.87. The Morgan fingerprint density at radius 2 is 1.62 bits per heavy atom. The number of nitrogens with zero attached hydrogens (tertiary/aromatic N) is 1. The number of aromatic nitrogens is 1. The van der Waals surface area contributed by atoms with Crippen molar-refractivity contribution in [3.8, 4) is 0 Å². The molecule has 0 atom stereocenters. The highest BCUT2D eigenvalue weighted by atomic mass is 35.5. The van der Waals surface area contributed by atoms with Crippen molar-refractivity contribution in [1.29, 1.82) is 0 Å². The standard InChI is InChI=1S/C22H23ClN2O/c23-18-1-3-19(4-2-18)25-21(26)17-5-6-24-20(10-17)22-11-14-7-15(12-22)9-16(8-14)13-22/h1-6,10,14-16H,7-9,11-13H2,(H,25,26). The molecule has 1 aromatic heterocycles. The molecule has 1 N–H and O–H groups in total. The maximum Gasteiger partial charge on any atom is 0.255 e. The van der Waals surface area contributed by atoms with Crippen molar-refractivity contribution in [3.63, 3.8) is 0 Å². The largest absolute Gasteiger partial charge is 0.322 e. The van der Waals surface area contributed by atoms with E-state index in [1.165, 1.54) is 38.5 Å². The van der Waals surface area contributed by atoms with Gasteiger partial charge in [-0.25, -0.2) is 0 Å². The van der Waals surface area contributed by atoms with Gasteiger partial charge in [-0.1, -0.05) is 11.6 Å². The summed E-state index contributed by atoms with van der Waals surface area (Å²) in [5.41, 5.74) is 2.80. The van der Waals surface area contributed by atoms with Crippen LogP contribution in [0.1, 0.15) is 54.6 Å². The lowest BCUT2D eigenvalue weighted by molar-refractivity contribution is -0.00721. The molecule has 2 aromatic rings. The van der Waals surface area contributed by atoms with Gasteiger partial charge in [-0.15, -0.1) is 0 Å². The molecule has 0 radical (unpaired) electrons. The van der Waals surface area contributed by atoms with Gasteiger partial charge in [-0.2, -0.15) is 0 Å². The van der Waals surface area contributed by atoms with E-state index in [1.54, 1.807) is 12.1 Å². The quantitative estimate of drug-likeness (QED) is 0.784. The van der Waals surface area contributed by atoms with Crippen LogP contribution in [0.3, 0.4) is 0 Å². The molecule has 6 rings (SSSR count).